The third kappa shape index (κ3) is 3.04. The number of methoxy groups -OCH3 is 1. The maximum atomic E-state index is 9.68. The van der Waals surface area contributed by atoms with Gasteiger partial charge in [0.05, 0.1) is 22.8 Å². The van der Waals surface area contributed by atoms with Crippen LogP contribution in [0.3, 0.4) is 0 Å². The molecule has 2 N–H and O–H groups in total. The van der Waals surface area contributed by atoms with Gasteiger partial charge in [0.25, 0.3) is 0 Å². The number of phenols is 1. The number of ether oxygens (including phenoxy) is 1. The van der Waals surface area contributed by atoms with Crippen LogP contribution in [-0.2, 0) is 12.8 Å². The Balaban J connectivity index is 1.73. The molecule has 1 heterocycles. The van der Waals surface area contributed by atoms with Crippen LogP contribution in [0.5, 0.6) is 11.5 Å². The van der Waals surface area contributed by atoms with Gasteiger partial charge in [-0.3, -0.25) is 0 Å². The first-order chi connectivity index (χ1) is 12.5. The Morgan fingerprint density at radius 2 is 1.81 bits per heavy atom. The maximum absolute atomic E-state index is 9.68. The summed E-state index contributed by atoms with van der Waals surface area (Å²) in [6.07, 6.45) is 3.67. The number of aromatic hydroxyl groups is 1. The van der Waals surface area contributed by atoms with Crippen molar-refractivity contribution in [1.82, 2.24) is 9.97 Å². The number of aryl methyl sites for hydroxylation is 2. The summed E-state index contributed by atoms with van der Waals surface area (Å²) in [4.78, 5) is 9.06. The summed E-state index contributed by atoms with van der Waals surface area (Å²) in [5.41, 5.74) is 4.87. The molecule has 1 aromatic heterocycles. The zero-order valence-corrected chi connectivity index (χ0v) is 15.4. The highest BCUT2D eigenvalue weighted by molar-refractivity contribution is 6.37. The van der Waals surface area contributed by atoms with Crippen LogP contribution in [0, 0.1) is 0 Å². The summed E-state index contributed by atoms with van der Waals surface area (Å²) in [6.45, 7) is 0. The number of rotatable bonds is 3. The first kappa shape index (κ1) is 16.9. The van der Waals surface area contributed by atoms with Crippen molar-refractivity contribution in [3.05, 3.63) is 57.7 Å². The van der Waals surface area contributed by atoms with Crippen LogP contribution < -0.4 is 10.1 Å². The van der Waals surface area contributed by atoms with Gasteiger partial charge in [-0.1, -0.05) is 29.3 Å². The van der Waals surface area contributed by atoms with Crippen LogP contribution in [0.25, 0.3) is 11.3 Å². The number of aromatic nitrogens is 2. The molecule has 3 aromatic rings. The Morgan fingerprint density at radius 1 is 1.08 bits per heavy atom. The molecule has 26 heavy (non-hydrogen) atoms. The second-order valence-electron chi connectivity index (χ2n) is 6.00. The fourth-order valence-corrected chi connectivity index (χ4v) is 3.53. The van der Waals surface area contributed by atoms with E-state index in [2.05, 4.69) is 21.4 Å². The highest BCUT2D eigenvalue weighted by Crippen LogP contribution is 2.37. The van der Waals surface area contributed by atoms with Gasteiger partial charge in [0.2, 0.25) is 5.95 Å². The Hall–Kier alpha value is -2.50. The number of phenolic OH excluding ortho intramolecular Hbond substituents is 1. The predicted octanol–water partition coefficient (Wildman–Crippen LogP) is 5.01. The predicted molar refractivity (Wildman–Crippen MR) is 103 cm³/mol. The monoisotopic (exact) mass is 387 g/mol. The topological polar surface area (TPSA) is 67.3 Å². The second-order valence-corrected chi connectivity index (χ2v) is 6.82. The van der Waals surface area contributed by atoms with Gasteiger partial charge in [-0.25, -0.2) is 9.97 Å². The summed E-state index contributed by atoms with van der Waals surface area (Å²) in [7, 11) is 1.65. The van der Waals surface area contributed by atoms with Crippen molar-refractivity contribution in [3.63, 3.8) is 0 Å². The minimum Gasteiger partial charge on any atom is -0.505 e. The summed E-state index contributed by atoms with van der Waals surface area (Å²) < 4.78 is 5.35. The average Bonchev–Trinajstić information content (AvgIpc) is 2.65. The quantitative estimate of drug-likeness (QED) is 0.618. The van der Waals surface area contributed by atoms with E-state index in [1.54, 1.807) is 19.2 Å². The lowest BCUT2D eigenvalue weighted by atomic mass is 9.90. The third-order valence-electron chi connectivity index (χ3n) is 4.37. The zero-order valence-electron chi connectivity index (χ0n) is 13.9. The standard InChI is InChI=1S/C19H15Cl2N3O2/c1-26-13-5-4-10-2-3-11-9-22-19(24-17(11)14(10)8-13)23-12-6-15(20)18(25)16(21)7-12/h4-9,25H,2-3H2,1H3,(H,22,23,24). The van der Waals surface area contributed by atoms with Gasteiger partial charge in [-0.2, -0.15) is 0 Å². The molecule has 0 fully saturated rings. The van der Waals surface area contributed by atoms with Gasteiger partial charge in [0.1, 0.15) is 5.75 Å². The molecule has 0 unspecified atom stereocenters. The van der Waals surface area contributed by atoms with Crippen LogP contribution in [-0.4, -0.2) is 22.2 Å². The molecule has 0 aliphatic heterocycles. The summed E-state index contributed by atoms with van der Waals surface area (Å²) in [5, 5.41) is 13.1. The smallest absolute Gasteiger partial charge is 0.227 e. The molecule has 2 aromatic carbocycles. The van der Waals surface area contributed by atoms with Crippen LogP contribution in [0.2, 0.25) is 10.0 Å². The largest absolute Gasteiger partial charge is 0.505 e. The number of hydrogen-bond acceptors (Lipinski definition) is 5. The highest BCUT2D eigenvalue weighted by atomic mass is 35.5. The lowest BCUT2D eigenvalue weighted by molar-refractivity contribution is 0.415. The van der Waals surface area contributed by atoms with Crippen molar-refractivity contribution in [2.45, 2.75) is 12.8 Å². The zero-order chi connectivity index (χ0) is 18.3. The van der Waals surface area contributed by atoms with E-state index in [-0.39, 0.29) is 15.8 Å². The molecule has 0 spiro atoms. The van der Waals surface area contributed by atoms with Gasteiger partial charge in [0, 0.05) is 17.4 Å². The van der Waals surface area contributed by atoms with E-state index in [1.165, 1.54) is 5.56 Å². The van der Waals surface area contributed by atoms with Gasteiger partial charge in [0.15, 0.2) is 5.75 Å². The van der Waals surface area contributed by atoms with Crippen molar-refractivity contribution in [2.75, 3.05) is 12.4 Å². The van der Waals surface area contributed by atoms with Crippen LogP contribution in [0.4, 0.5) is 11.6 Å². The Labute approximate surface area is 160 Å². The van der Waals surface area contributed by atoms with Crippen molar-refractivity contribution < 1.29 is 9.84 Å². The summed E-state index contributed by atoms with van der Waals surface area (Å²) >= 11 is 11.9. The lowest BCUT2D eigenvalue weighted by Crippen LogP contribution is -2.09. The molecule has 0 amide bonds. The molecule has 1 aliphatic rings. The van der Waals surface area contributed by atoms with E-state index in [0.717, 1.165) is 35.4 Å². The molecule has 0 saturated carbocycles. The maximum Gasteiger partial charge on any atom is 0.227 e. The number of halogens is 2. The SMILES string of the molecule is COc1ccc2c(c1)-c1nc(Nc3cc(Cl)c(O)c(Cl)c3)ncc1CC2. The van der Waals surface area contributed by atoms with E-state index in [9.17, 15) is 5.11 Å². The van der Waals surface area contributed by atoms with Crippen molar-refractivity contribution in [1.29, 1.82) is 0 Å². The minimum atomic E-state index is -0.147. The van der Waals surface area contributed by atoms with Crippen molar-refractivity contribution in [2.24, 2.45) is 0 Å². The molecule has 4 rings (SSSR count). The number of benzene rings is 2. The molecule has 0 saturated heterocycles. The van der Waals surface area contributed by atoms with Crippen LogP contribution in [0.1, 0.15) is 11.1 Å². The molecular weight excluding hydrogens is 373 g/mol. The molecule has 0 radical (unpaired) electrons. The normalized spacial score (nSPS) is 12.3. The van der Waals surface area contributed by atoms with Crippen LogP contribution >= 0.6 is 23.2 Å². The first-order valence-corrected chi connectivity index (χ1v) is 8.79. The Bertz CT molecular complexity index is 985. The number of hydrogen-bond donors (Lipinski definition) is 2. The van der Waals surface area contributed by atoms with Crippen molar-refractivity contribution >= 4 is 34.8 Å². The Morgan fingerprint density at radius 3 is 2.54 bits per heavy atom. The molecular formula is C19H15Cl2N3O2. The Kier molecular flexibility index (Phi) is 4.34. The average molecular weight is 388 g/mol. The van der Waals surface area contributed by atoms with Gasteiger partial charge < -0.3 is 15.2 Å². The summed E-state index contributed by atoms with van der Waals surface area (Å²) in [6, 6.07) is 9.18. The van der Waals surface area contributed by atoms with E-state index in [1.807, 2.05) is 18.3 Å². The van der Waals surface area contributed by atoms with Gasteiger partial charge in [-0.05, 0) is 48.2 Å². The van der Waals surface area contributed by atoms with E-state index in [0.29, 0.717) is 11.6 Å². The molecule has 1 aliphatic carbocycles. The van der Waals surface area contributed by atoms with Gasteiger partial charge >= 0.3 is 0 Å². The number of anilines is 2. The lowest BCUT2D eigenvalue weighted by Gasteiger charge is -2.20. The van der Waals surface area contributed by atoms with Crippen LogP contribution in [0.15, 0.2) is 36.5 Å². The number of nitrogens with zero attached hydrogens (tertiary/aromatic N) is 2. The molecule has 0 atom stereocenters. The number of nitrogens with one attached hydrogen (secondary N) is 1. The fraction of sp³-hybridized carbons (Fsp3) is 0.158. The molecule has 7 heteroatoms. The third-order valence-corrected chi connectivity index (χ3v) is 4.95. The molecule has 5 nitrogen and oxygen atoms in total. The number of fused-ring (bicyclic) bond motifs is 3. The van der Waals surface area contributed by atoms with E-state index >= 15 is 0 Å². The van der Waals surface area contributed by atoms with E-state index < -0.39 is 0 Å². The van der Waals surface area contributed by atoms with E-state index in [4.69, 9.17) is 27.9 Å². The second kappa shape index (κ2) is 6.67. The van der Waals surface area contributed by atoms with Crippen molar-refractivity contribution in [3.8, 4) is 22.8 Å². The molecule has 132 valence electrons. The van der Waals surface area contributed by atoms with Gasteiger partial charge in [-0.15, -0.1) is 0 Å². The molecule has 0 bridgehead atoms. The summed E-state index contributed by atoms with van der Waals surface area (Å²) in [5.74, 6) is 1.07. The fourth-order valence-electron chi connectivity index (χ4n) is 3.04. The first-order valence-electron chi connectivity index (χ1n) is 8.03. The minimum absolute atomic E-state index is 0.147. The highest BCUT2D eigenvalue weighted by Gasteiger charge is 2.19.